The lowest BCUT2D eigenvalue weighted by molar-refractivity contribution is -0.141. The highest BCUT2D eigenvalue weighted by molar-refractivity contribution is 8.77. The summed E-state index contributed by atoms with van der Waals surface area (Å²) in [6, 6.07) is 8.03. The van der Waals surface area contributed by atoms with E-state index in [0.29, 0.717) is 29.2 Å². The first-order valence-electron chi connectivity index (χ1n) is 36.3. The van der Waals surface area contributed by atoms with Gasteiger partial charge >= 0.3 is 5.97 Å². The standard InChI is InChI=1S/C18H34N2S5.C18H34N2S3.C17H23NO2S2.C14H27N3OS2.12F2.2FH/c1-3-5-7-9-11-13-15-21-24-17-19-20-18(23-17)25-22-16-14-12-10-8-6-4-2;1-5-9-11-15(7-3)13-21-17-19-20-18(23-17)22-14-16(8-4)12-10-6-2;1-3-5-8-13(4-2)11-20-16(19)12-21-17-18-14-9-6-7-10-15(14)22-17;1-2-3-4-5-6-7-8-9-10-12(18)11-19-14-17-16-13(15)20-14;12*1-2;;/h3-16H2,1-2H3;15-16H,5-14H2,1-4H3;6-7,9-10,13H,3-5,8,11-12H2,1-2H3;12,18H,2-11H2,1H3,(H2,15,16);;;;;;;;;;;;;2*1H. The number of carbonyl (C=O) groups excluding carboxylic acids is 1. The summed E-state index contributed by atoms with van der Waals surface area (Å²) in [6.07, 6.45) is 42.7. The van der Waals surface area contributed by atoms with Crippen LogP contribution >= 0.6 is 136 Å². The van der Waals surface area contributed by atoms with Gasteiger partial charge in [0.05, 0.1) is 28.7 Å². The van der Waals surface area contributed by atoms with Crippen LogP contribution in [0.25, 0.3) is 10.2 Å². The molecule has 4 unspecified atom stereocenters. The summed E-state index contributed by atoms with van der Waals surface area (Å²) >= 11 is 13.4. The van der Waals surface area contributed by atoms with Gasteiger partial charge in [-0.1, -0.05) is 350 Å². The summed E-state index contributed by atoms with van der Waals surface area (Å²) in [5, 5.41) is 35.4. The molecule has 0 saturated heterocycles. The second-order valence-corrected chi connectivity index (χ2v) is 37.3. The monoisotopic (exact) mass is 1960 g/mol. The molecule has 1 aromatic carbocycles. The Balaban J connectivity index is -0.000000101. The summed E-state index contributed by atoms with van der Waals surface area (Å²) < 4.78 is 205. The zero-order valence-corrected chi connectivity index (χ0v) is 76.5. The molecule has 0 aliphatic rings. The average Bonchev–Trinajstić information content (AvgIpc) is 1.70. The van der Waals surface area contributed by atoms with Crippen molar-refractivity contribution in [3.63, 3.8) is 0 Å². The molecule has 4 atom stereocenters. The van der Waals surface area contributed by atoms with Gasteiger partial charge in [-0.05, 0) is 90.0 Å². The lowest BCUT2D eigenvalue weighted by atomic mass is 10.0. The van der Waals surface area contributed by atoms with Gasteiger partial charge in [-0.15, -0.1) is 41.9 Å². The number of hydrogen-bond acceptors (Lipinski definition) is 23. The molecule has 5 aromatic rings. The van der Waals surface area contributed by atoms with E-state index in [2.05, 4.69) is 104 Å². The molecule has 0 radical (unpaired) electrons. The third kappa shape index (κ3) is 101. The number of ether oxygens (including phenoxy) is 1. The van der Waals surface area contributed by atoms with Crippen molar-refractivity contribution >= 4 is 157 Å². The van der Waals surface area contributed by atoms with Crippen LogP contribution in [0.2, 0.25) is 0 Å². The molecule has 116 heavy (non-hydrogen) atoms. The summed E-state index contributed by atoms with van der Waals surface area (Å²) in [4.78, 5) is 16.4. The maximum Gasteiger partial charge on any atom is 0.316 e. The number of nitrogen functional groups attached to an aromatic ring is 1. The van der Waals surface area contributed by atoms with Crippen molar-refractivity contribution < 1.29 is 134 Å². The van der Waals surface area contributed by atoms with Crippen LogP contribution in [0.5, 0.6) is 0 Å². The number of aliphatic hydroxyl groups is 1. The van der Waals surface area contributed by atoms with Crippen LogP contribution in [0, 0.1) is 17.8 Å². The number of carbonyl (C=O) groups is 1. The van der Waals surface area contributed by atoms with E-state index < -0.39 is 0 Å². The fourth-order valence-electron chi connectivity index (χ4n) is 9.05. The van der Waals surface area contributed by atoms with Crippen LogP contribution in [0.15, 0.2) is 50.3 Å². The van der Waals surface area contributed by atoms with Gasteiger partial charge in [0.15, 0.2) is 26.0 Å². The summed E-state index contributed by atoms with van der Waals surface area (Å²) in [5.41, 5.74) is 6.51. The van der Waals surface area contributed by atoms with Crippen LogP contribution in [0.4, 0.5) is 124 Å². The van der Waals surface area contributed by atoms with Crippen molar-refractivity contribution in [1.82, 2.24) is 35.6 Å². The first-order chi connectivity index (χ1) is 56.0. The Labute approximate surface area is 716 Å². The molecular formula is C67H120F26N8O3S12. The van der Waals surface area contributed by atoms with Gasteiger partial charge in [-0.2, -0.15) is 0 Å². The quantitative estimate of drug-likeness (QED) is 0.0124. The van der Waals surface area contributed by atoms with E-state index in [1.54, 1.807) is 67.4 Å². The van der Waals surface area contributed by atoms with Crippen molar-refractivity contribution in [3.05, 3.63) is 24.3 Å². The van der Waals surface area contributed by atoms with Gasteiger partial charge in [0.2, 0.25) is 5.13 Å². The van der Waals surface area contributed by atoms with E-state index in [9.17, 15) is 9.90 Å². The largest absolute Gasteiger partial charge is 0.465 e. The molecule has 11 nitrogen and oxygen atoms in total. The molecule has 0 fully saturated rings. The smallest absolute Gasteiger partial charge is 0.316 e. The molecule has 49 heteroatoms. The Morgan fingerprint density at radius 1 is 0.379 bits per heavy atom. The van der Waals surface area contributed by atoms with Crippen molar-refractivity contribution in [1.29, 1.82) is 0 Å². The molecule has 0 aliphatic heterocycles. The first kappa shape index (κ1) is 143. The number of esters is 1. The van der Waals surface area contributed by atoms with Gasteiger partial charge in [0.1, 0.15) is 0 Å². The van der Waals surface area contributed by atoms with E-state index in [4.69, 9.17) is 120 Å². The molecule has 5 rings (SSSR count). The molecular weight excluding hydrogens is 1840 g/mol. The minimum absolute atomic E-state index is 0. The highest BCUT2D eigenvalue weighted by Gasteiger charge is 2.16. The van der Waals surface area contributed by atoms with E-state index in [1.807, 2.05) is 63.3 Å². The minimum Gasteiger partial charge on any atom is -0.465 e. The summed E-state index contributed by atoms with van der Waals surface area (Å²) in [7, 11) is 7.47. The van der Waals surface area contributed by atoms with Gasteiger partial charge in [0.25, 0.3) is 0 Å². The number of unbranched alkanes of at least 4 members (excludes halogenated alkanes) is 20. The van der Waals surface area contributed by atoms with E-state index in [1.165, 1.54) is 232 Å². The number of benzene rings is 1. The average molecular weight is 1960 g/mol. The van der Waals surface area contributed by atoms with Gasteiger partial charge in [-0.3, -0.25) is 14.2 Å². The lowest BCUT2D eigenvalue weighted by Gasteiger charge is -2.14. The lowest BCUT2D eigenvalue weighted by Crippen LogP contribution is -2.15. The maximum absolute atomic E-state index is 11.9. The third-order valence-electron chi connectivity index (χ3n) is 15.0. The summed E-state index contributed by atoms with van der Waals surface area (Å²) in [5.74, 6) is 7.90. The minimum atomic E-state index is -0.245. The van der Waals surface area contributed by atoms with E-state index in [-0.39, 0.29) is 21.5 Å². The maximum atomic E-state index is 11.9. The van der Waals surface area contributed by atoms with Crippen LogP contribution in [-0.4, -0.2) is 93.9 Å². The number of hydrogen-bond donors (Lipinski definition) is 2. The molecule has 0 aliphatic carbocycles. The molecule has 0 bridgehead atoms. The first-order valence-corrected chi connectivity index (χ1v) is 48.2. The second-order valence-electron chi connectivity index (χ2n) is 22.9. The van der Waals surface area contributed by atoms with Crippen molar-refractivity contribution in [3.8, 4) is 0 Å². The fourth-order valence-corrected chi connectivity index (χ4v) is 22.0. The van der Waals surface area contributed by atoms with Crippen LogP contribution in [0.1, 0.15) is 274 Å². The third-order valence-corrected chi connectivity index (χ3v) is 29.2. The zero-order chi connectivity index (χ0) is 89.3. The predicted molar refractivity (Wildman–Crippen MR) is 446 cm³/mol. The van der Waals surface area contributed by atoms with Crippen LogP contribution in [0.3, 0.4) is 0 Å². The zero-order valence-electron chi connectivity index (χ0n) is 66.7. The van der Waals surface area contributed by atoms with E-state index in [0.717, 1.165) is 73.8 Å². The van der Waals surface area contributed by atoms with Crippen LogP contribution in [-0.2, 0) is 9.53 Å². The molecule has 0 amide bonds. The Morgan fingerprint density at radius 2 is 0.707 bits per heavy atom. The van der Waals surface area contributed by atoms with Gasteiger partial charge < -0.3 is 15.6 Å². The number of halogens is 26. The topological polar surface area (TPSA) is 163 Å². The Bertz CT molecular complexity index is 2370. The number of aromatic nitrogens is 7. The molecule has 0 spiro atoms. The number of fused-ring (bicyclic) bond motifs is 1. The van der Waals surface area contributed by atoms with E-state index >= 15 is 0 Å². The Kier molecular flexibility index (Phi) is 161. The Morgan fingerprint density at radius 3 is 1.08 bits per heavy atom. The fraction of sp³-hybridized carbons (Fsp3) is 0.791. The van der Waals surface area contributed by atoms with Crippen molar-refractivity contribution in [2.24, 2.45) is 17.8 Å². The highest BCUT2D eigenvalue weighted by atomic mass is 33.1. The normalized spacial score (nSPS) is 10.4. The number of thiazole rings is 1. The number of para-hydroxylation sites is 1. The SMILES string of the molecule is CCCCC(CC)COC(=O)CSc1nc2ccccc2s1.CCCCC(CC)CSc1nnc(SCC(CC)CCCC)s1.CCCCCCCCCCC(O)CSc1nnc(N)s1.CCCCCCCCSSc1nnc(SSCCCCCCCC)s1.F.F.FF.FF.FF.FF.FF.FF.FF.FF.FF.FF.FF.FF. The second kappa shape index (κ2) is 131. The number of aliphatic hydroxyl groups excluding tert-OH is 1. The highest BCUT2D eigenvalue weighted by Crippen LogP contribution is 2.40. The molecule has 0 saturated carbocycles. The molecule has 4 aromatic heterocycles. The summed E-state index contributed by atoms with van der Waals surface area (Å²) in [6.45, 7) is 20.9. The van der Waals surface area contributed by atoms with Crippen molar-refractivity contribution in [2.75, 3.05) is 46.9 Å². The number of thioether (sulfide) groups is 4. The molecule has 3 N–H and O–H groups in total. The number of anilines is 1. The Hall–Kier alpha value is -2.00. The van der Waals surface area contributed by atoms with Gasteiger partial charge in [-0.25, -0.2) is 4.98 Å². The molecule has 4 heterocycles. The van der Waals surface area contributed by atoms with Crippen LogP contribution < -0.4 is 5.73 Å². The van der Waals surface area contributed by atoms with Gasteiger partial charge in [0, 0.05) is 139 Å². The number of rotatable bonds is 53. The van der Waals surface area contributed by atoms with Crippen molar-refractivity contribution in [2.45, 2.75) is 306 Å². The number of nitrogens with two attached hydrogens (primary N) is 1. The number of nitrogens with zero attached hydrogens (tertiary/aromatic N) is 7. The molecule has 700 valence electrons. The predicted octanol–water partition coefficient (Wildman–Crippen LogP) is 35.5.